The van der Waals surface area contributed by atoms with Crippen molar-refractivity contribution in [3.63, 3.8) is 0 Å². The number of nitrogens with zero attached hydrogens (tertiary/aromatic N) is 1. The zero-order valence-corrected chi connectivity index (χ0v) is 12.6. The molecule has 1 fully saturated rings. The average molecular weight is 332 g/mol. The van der Waals surface area contributed by atoms with Gasteiger partial charge in [0, 0.05) is 20.0 Å². The number of hydrogen-bond donors (Lipinski definition) is 1. The summed E-state index contributed by atoms with van der Waals surface area (Å²) in [6.45, 7) is 0.187. The molecule has 8 heteroatoms. The molecular formula is C14H15F3N2O2S. The maximum atomic E-state index is 12.8. The highest BCUT2D eigenvalue weighted by Gasteiger charge is 2.35. The number of thioether (sulfide) groups is 1. The minimum atomic E-state index is -4.42. The van der Waals surface area contributed by atoms with E-state index >= 15 is 0 Å². The molecule has 120 valence electrons. The van der Waals surface area contributed by atoms with Gasteiger partial charge in [-0.1, -0.05) is 12.1 Å². The lowest BCUT2D eigenvalue weighted by Gasteiger charge is -2.24. The van der Waals surface area contributed by atoms with Gasteiger partial charge in [-0.05, 0) is 17.7 Å². The standard InChI is InChI=1S/C14H15F3N2O2S/c1-18-11(20)5-6-19-12(21)8-22-13(19)9-3-2-4-10(7-9)14(15,16)17/h2-4,7,13H,5-6,8H2,1H3,(H,18,20). The van der Waals surface area contributed by atoms with Crippen LogP contribution in [0.3, 0.4) is 0 Å². The Morgan fingerprint density at radius 1 is 1.45 bits per heavy atom. The first-order chi connectivity index (χ1) is 10.3. The van der Waals surface area contributed by atoms with Crippen molar-refractivity contribution in [1.82, 2.24) is 10.2 Å². The number of alkyl halides is 3. The largest absolute Gasteiger partial charge is 0.416 e. The molecule has 2 rings (SSSR count). The number of carbonyl (C=O) groups is 2. The first kappa shape index (κ1) is 16.7. The average Bonchev–Trinajstić information content (AvgIpc) is 2.85. The molecule has 1 aliphatic heterocycles. The molecule has 1 atom stereocenters. The van der Waals surface area contributed by atoms with E-state index in [0.717, 1.165) is 12.1 Å². The van der Waals surface area contributed by atoms with E-state index in [-0.39, 0.29) is 30.5 Å². The van der Waals surface area contributed by atoms with Crippen LogP contribution in [0.2, 0.25) is 0 Å². The number of amides is 2. The molecule has 2 amide bonds. The van der Waals surface area contributed by atoms with Crippen LogP contribution in [0.1, 0.15) is 22.9 Å². The number of nitrogens with one attached hydrogen (secondary N) is 1. The van der Waals surface area contributed by atoms with Gasteiger partial charge in [0.25, 0.3) is 0 Å². The molecule has 1 unspecified atom stereocenters. The van der Waals surface area contributed by atoms with Crippen LogP contribution in [0.5, 0.6) is 0 Å². The SMILES string of the molecule is CNC(=O)CCN1C(=O)CSC1c1cccc(C(F)(F)F)c1. The van der Waals surface area contributed by atoms with Crippen molar-refractivity contribution in [3.8, 4) is 0 Å². The molecule has 1 aromatic rings. The summed E-state index contributed by atoms with van der Waals surface area (Å²) >= 11 is 1.27. The molecule has 0 spiro atoms. The number of rotatable bonds is 4. The summed E-state index contributed by atoms with van der Waals surface area (Å²) in [6, 6.07) is 4.96. The summed E-state index contributed by atoms with van der Waals surface area (Å²) in [5.74, 6) is -0.182. The van der Waals surface area contributed by atoms with Crippen molar-refractivity contribution in [3.05, 3.63) is 35.4 Å². The smallest absolute Gasteiger partial charge is 0.359 e. The Hall–Kier alpha value is -1.70. The van der Waals surface area contributed by atoms with E-state index in [2.05, 4.69) is 5.32 Å². The maximum absolute atomic E-state index is 12.8. The quantitative estimate of drug-likeness (QED) is 0.921. The Morgan fingerprint density at radius 3 is 2.82 bits per heavy atom. The van der Waals surface area contributed by atoms with Gasteiger partial charge in [0.1, 0.15) is 5.37 Å². The molecule has 0 aliphatic carbocycles. The van der Waals surface area contributed by atoms with Crippen molar-refractivity contribution < 1.29 is 22.8 Å². The Balaban J connectivity index is 2.19. The number of hydrogen-bond acceptors (Lipinski definition) is 3. The van der Waals surface area contributed by atoms with Crippen LogP contribution < -0.4 is 5.32 Å². The summed E-state index contributed by atoms with van der Waals surface area (Å²) in [4.78, 5) is 24.6. The first-order valence-corrected chi connectivity index (χ1v) is 7.66. The second-order valence-corrected chi connectivity index (χ2v) is 5.87. The summed E-state index contributed by atoms with van der Waals surface area (Å²) in [7, 11) is 1.49. The minimum absolute atomic E-state index is 0.123. The van der Waals surface area contributed by atoms with Gasteiger partial charge in [-0.15, -0.1) is 11.8 Å². The van der Waals surface area contributed by atoms with Crippen molar-refractivity contribution >= 4 is 23.6 Å². The van der Waals surface area contributed by atoms with Crippen LogP contribution in [0.25, 0.3) is 0 Å². The summed E-state index contributed by atoms with van der Waals surface area (Å²) in [5, 5.41) is 1.97. The second-order valence-electron chi connectivity index (χ2n) is 4.80. The van der Waals surface area contributed by atoms with Crippen molar-refractivity contribution in [2.45, 2.75) is 18.0 Å². The van der Waals surface area contributed by atoms with E-state index in [1.807, 2.05) is 0 Å². The van der Waals surface area contributed by atoms with Gasteiger partial charge in [-0.25, -0.2) is 0 Å². The van der Waals surface area contributed by atoms with Crippen molar-refractivity contribution in [1.29, 1.82) is 0 Å². The molecule has 1 saturated heterocycles. The van der Waals surface area contributed by atoms with Gasteiger partial charge in [0.05, 0.1) is 11.3 Å². The third kappa shape index (κ3) is 3.73. The lowest BCUT2D eigenvalue weighted by atomic mass is 10.1. The molecule has 22 heavy (non-hydrogen) atoms. The molecule has 0 bridgehead atoms. The van der Waals surface area contributed by atoms with Crippen LogP contribution >= 0.6 is 11.8 Å². The van der Waals surface area contributed by atoms with E-state index in [1.54, 1.807) is 6.07 Å². The Bertz CT molecular complexity index is 577. The van der Waals surface area contributed by atoms with Crippen molar-refractivity contribution in [2.24, 2.45) is 0 Å². The van der Waals surface area contributed by atoms with Crippen LogP contribution in [-0.4, -0.2) is 36.1 Å². The van der Waals surface area contributed by atoms with Crippen LogP contribution in [0, 0.1) is 0 Å². The lowest BCUT2D eigenvalue weighted by Crippen LogP contribution is -2.32. The third-order valence-electron chi connectivity index (χ3n) is 3.33. The van der Waals surface area contributed by atoms with Gasteiger partial charge in [-0.3, -0.25) is 9.59 Å². The second kappa shape index (κ2) is 6.60. The topological polar surface area (TPSA) is 49.4 Å². The maximum Gasteiger partial charge on any atom is 0.416 e. The van der Waals surface area contributed by atoms with Crippen molar-refractivity contribution in [2.75, 3.05) is 19.3 Å². The van der Waals surface area contributed by atoms with Gasteiger partial charge < -0.3 is 10.2 Å². The predicted molar refractivity (Wildman–Crippen MR) is 77.0 cm³/mol. The highest BCUT2D eigenvalue weighted by Crippen LogP contribution is 2.40. The molecular weight excluding hydrogens is 317 g/mol. The monoisotopic (exact) mass is 332 g/mol. The molecule has 1 aliphatic rings. The van der Waals surface area contributed by atoms with E-state index in [4.69, 9.17) is 0 Å². The Kier molecular flexibility index (Phi) is 5.00. The van der Waals surface area contributed by atoms with E-state index < -0.39 is 17.1 Å². The van der Waals surface area contributed by atoms with Crippen LogP contribution in [0.15, 0.2) is 24.3 Å². The zero-order valence-electron chi connectivity index (χ0n) is 11.8. The van der Waals surface area contributed by atoms with E-state index in [1.165, 1.54) is 29.8 Å². The summed E-state index contributed by atoms with van der Waals surface area (Å²) < 4.78 is 38.4. The fraction of sp³-hybridized carbons (Fsp3) is 0.429. The first-order valence-electron chi connectivity index (χ1n) is 6.61. The molecule has 1 heterocycles. The van der Waals surface area contributed by atoms with Gasteiger partial charge in [0.15, 0.2) is 0 Å². The van der Waals surface area contributed by atoms with Crippen LogP contribution in [0.4, 0.5) is 13.2 Å². The fourth-order valence-electron chi connectivity index (χ4n) is 2.19. The zero-order chi connectivity index (χ0) is 16.3. The minimum Gasteiger partial charge on any atom is -0.359 e. The lowest BCUT2D eigenvalue weighted by molar-refractivity contribution is -0.137. The summed E-state index contributed by atoms with van der Waals surface area (Å²) in [6.07, 6.45) is -4.30. The fourth-order valence-corrected chi connectivity index (χ4v) is 3.40. The van der Waals surface area contributed by atoms with Gasteiger partial charge in [0.2, 0.25) is 11.8 Å². The van der Waals surface area contributed by atoms with E-state index in [0.29, 0.717) is 5.56 Å². The summed E-state index contributed by atoms with van der Waals surface area (Å²) in [5.41, 5.74) is -0.321. The van der Waals surface area contributed by atoms with Crippen LogP contribution in [-0.2, 0) is 15.8 Å². The Labute approximate surface area is 130 Å². The van der Waals surface area contributed by atoms with Gasteiger partial charge >= 0.3 is 6.18 Å². The molecule has 0 saturated carbocycles. The van der Waals surface area contributed by atoms with E-state index in [9.17, 15) is 22.8 Å². The number of benzene rings is 1. The number of carbonyl (C=O) groups excluding carboxylic acids is 2. The highest BCUT2D eigenvalue weighted by atomic mass is 32.2. The normalized spacial score (nSPS) is 18.6. The molecule has 1 N–H and O–H groups in total. The molecule has 1 aromatic carbocycles. The Morgan fingerprint density at radius 2 is 2.18 bits per heavy atom. The number of halogens is 3. The van der Waals surface area contributed by atoms with Gasteiger partial charge in [-0.2, -0.15) is 13.2 Å². The third-order valence-corrected chi connectivity index (χ3v) is 4.58. The molecule has 0 radical (unpaired) electrons. The molecule has 0 aromatic heterocycles. The predicted octanol–water partition coefficient (Wildman–Crippen LogP) is 2.42. The molecule has 4 nitrogen and oxygen atoms in total. The highest BCUT2D eigenvalue weighted by molar-refractivity contribution is 8.00.